The molecular formula is C11H18BrN3O2. The number of rotatable bonds is 5. The summed E-state index contributed by atoms with van der Waals surface area (Å²) in [6.07, 6.45) is 0. The number of aryl methyl sites for hydroxylation is 2. The number of nitrogens with one attached hydrogen (secondary N) is 1. The van der Waals surface area contributed by atoms with Crippen molar-refractivity contribution in [2.24, 2.45) is 7.05 Å². The molecule has 1 aromatic heterocycles. The number of carbonyl (C=O) groups is 1. The van der Waals surface area contributed by atoms with Crippen LogP contribution in [0.1, 0.15) is 21.7 Å². The minimum Gasteiger partial charge on any atom is -0.383 e. The minimum atomic E-state index is -0.102. The number of halogens is 1. The summed E-state index contributed by atoms with van der Waals surface area (Å²) in [6.45, 7) is 4.20. The standard InChI is InChI=1S/C11H18BrN3O2/c1-7-10(8(2)15(3)14-7)11(16)13-9(5-12)6-17-4/h9H,5-6H2,1-4H3,(H,13,16). The summed E-state index contributed by atoms with van der Waals surface area (Å²) in [6, 6.07) is -0.0356. The smallest absolute Gasteiger partial charge is 0.255 e. The Morgan fingerprint density at radius 2 is 2.24 bits per heavy atom. The predicted molar refractivity (Wildman–Crippen MR) is 69.6 cm³/mol. The number of ether oxygens (including phenoxy) is 1. The van der Waals surface area contributed by atoms with E-state index in [1.165, 1.54) is 0 Å². The first-order valence-corrected chi connectivity index (χ1v) is 6.49. The van der Waals surface area contributed by atoms with Gasteiger partial charge in [-0.25, -0.2) is 0 Å². The Morgan fingerprint density at radius 3 is 2.65 bits per heavy atom. The highest BCUT2D eigenvalue weighted by atomic mass is 79.9. The van der Waals surface area contributed by atoms with Gasteiger partial charge in [0.05, 0.1) is 23.9 Å². The summed E-state index contributed by atoms with van der Waals surface area (Å²) in [5, 5.41) is 7.80. The summed E-state index contributed by atoms with van der Waals surface area (Å²) < 4.78 is 6.74. The topological polar surface area (TPSA) is 56.1 Å². The molecule has 0 aliphatic carbocycles. The third-order valence-electron chi connectivity index (χ3n) is 2.63. The molecule has 1 N–H and O–H groups in total. The fourth-order valence-corrected chi connectivity index (χ4v) is 2.03. The van der Waals surface area contributed by atoms with Crippen LogP contribution in [0.2, 0.25) is 0 Å². The Labute approximate surface area is 110 Å². The SMILES string of the molecule is COCC(CBr)NC(=O)c1c(C)nn(C)c1C. The van der Waals surface area contributed by atoms with Crippen molar-refractivity contribution in [1.82, 2.24) is 15.1 Å². The van der Waals surface area contributed by atoms with Crippen molar-refractivity contribution in [2.45, 2.75) is 19.9 Å². The van der Waals surface area contributed by atoms with Crippen molar-refractivity contribution >= 4 is 21.8 Å². The van der Waals surface area contributed by atoms with Gasteiger partial charge in [0, 0.05) is 25.2 Å². The molecule has 1 atom stereocenters. The molecule has 6 heteroatoms. The number of aromatic nitrogens is 2. The molecule has 17 heavy (non-hydrogen) atoms. The van der Waals surface area contributed by atoms with Gasteiger partial charge in [0.15, 0.2) is 0 Å². The van der Waals surface area contributed by atoms with Crippen LogP contribution in [-0.2, 0) is 11.8 Å². The molecule has 0 aromatic carbocycles. The van der Waals surface area contributed by atoms with Crippen molar-refractivity contribution in [1.29, 1.82) is 0 Å². The van der Waals surface area contributed by atoms with Crippen LogP contribution in [0.3, 0.4) is 0 Å². The second kappa shape index (κ2) is 6.16. The molecular weight excluding hydrogens is 286 g/mol. The zero-order valence-electron chi connectivity index (χ0n) is 10.6. The second-order valence-electron chi connectivity index (χ2n) is 3.95. The van der Waals surface area contributed by atoms with Gasteiger partial charge in [-0.3, -0.25) is 9.48 Å². The summed E-state index contributed by atoms with van der Waals surface area (Å²) in [7, 11) is 3.44. The van der Waals surface area contributed by atoms with E-state index >= 15 is 0 Å². The van der Waals surface area contributed by atoms with Crippen molar-refractivity contribution in [2.75, 3.05) is 19.0 Å². The third kappa shape index (κ3) is 3.29. The molecule has 0 bridgehead atoms. The molecule has 1 rings (SSSR count). The van der Waals surface area contributed by atoms with Gasteiger partial charge in [0.2, 0.25) is 0 Å². The highest BCUT2D eigenvalue weighted by Crippen LogP contribution is 2.11. The minimum absolute atomic E-state index is 0.0356. The molecule has 0 spiro atoms. The lowest BCUT2D eigenvalue weighted by Gasteiger charge is -2.15. The van der Waals surface area contributed by atoms with Gasteiger partial charge >= 0.3 is 0 Å². The second-order valence-corrected chi connectivity index (χ2v) is 4.60. The third-order valence-corrected chi connectivity index (χ3v) is 3.41. The van der Waals surface area contributed by atoms with Crippen LogP contribution in [0, 0.1) is 13.8 Å². The van der Waals surface area contributed by atoms with E-state index in [1.807, 2.05) is 20.9 Å². The maximum absolute atomic E-state index is 12.1. The summed E-state index contributed by atoms with van der Waals surface area (Å²) >= 11 is 3.34. The molecule has 0 aliphatic heterocycles. The van der Waals surface area contributed by atoms with Crippen molar-refractivity contribution in [3.8, 4) is 0 Å². The largest absolute Gasteiger partial charge is 0.383 e. The van der Waals surface area contributed by atoms with Crippen LogP contribution in [0.4, 0.5) is 0 Å². The Kier molecular flexibility index (Phi) is 5.14. The normalized spacial score (nSPS) is 12.5. The number of carbonyl (C=O) groups excluding carboxylic acids is 1. The first-order chi connectivity index (χ1) is 8.01. The van der Waals surface area contributed by atoms with Crippen LogP contribution in [0.5, 0.6) is 0 Å². The van der Waals surface area contributed by atoms with Gasteiger partial charge in [-0.05, 0) is 13.8 Å². The van der Waals surface area contributed by atoms with E-state index in [0.717, 1.165) is 11.4 Å². The molecule has 1 unspecified atom stereocenters. The van der Waals surface area contributed by atoms with E-state index in [2.05, 4.69) is 26.3 Å². The predicted octanol–water partition coefficient (Wildman–Crippen LogP) is 1.18. The maximum atomic E-state index is 12.1. The average molecular weight is 304 g/mol. The number of hydrogen-bond acceptors (Lipinski definition) is 3. The fourth-order valence-electron chi connectivity index (χ4n) is 1.69. The summed E-state index contributed by atoms with van der Waals surface area (Å²) in [5.74, 6) is -0.102. The fraction of sp³-hybridized carbons (Fsp3) is 0.636. The molecule has 0 saturated carbocycles. The Morgan fingerprint density at radius 1 is 1.59 bits per heavy atom. The van der Waals surface area contributed by atoms with E-state index in [-0.39, 0.29) is 11.9 Å². The highest BCUT2D eigenvalue weighted by Gasteiger charge is 2.19. The Hall–Kier alpha value is -0.880. The summed E-state index contributed by atoms with van der Waals surface area (Å²) in [5.41, 5.74) is 2.26. The van der Waals surface area contributed by atoms with Crippen LogP contribution >= 0.6 is 15.9 Å². The zero-order chi connectivity index (χ0) is 13.0. The monoisotopic (exact) mass is 303 g/mol. The molecule has 0 aliphatic rings. The van der Waals surface area contributed by atoms with Crippen LogP contribution in [0.15, 0.2) is 0 Å². The van der Waals surface area contributed by atoms with Crippen LogP contribution in [-0.4, -0.2) is 40.8 Å². The molecule has 0 radical (unpaired) electrons. The van der Waals surface area contributed by atoms with Crippen LogP contribution in [0.25, 0.3) is 0 Å². The van der Waals surface area contributed by atoms with Gasteiger partial charge in [-0.2, -0.15) is 5.10 Å². The molecule has 1 heterocycles. The summed E-state index contributed by atoms with van der Waals surface area (Å²) in [4.78, 5) is 12.1. The molecule has 0 fully saturated rings. The number of nitrogens with zero attached hydrogens (tertiary/aromatic N) is 2. The van der Waals surface area contributed by atoms with Crippen molar-refractivity contribution in [3.63, 3.8) is 0 Å². The van der Waals surface area contributed by atoms with Crippen molar-refractivity contribution < 1.29 is 9.53 Å². The average Bonchev–Trinajstić information content (AvgIpc) is 2.52. The zero-order valence-corrected chi connectivity index (χ0v) is 12.2. The van der Waals surface area contributed by atoms with Gasteiger partial charge in [-0.15, -0.1) is 0 Å². The van der Waals surface area contributed by atoms with E-state index in [4.69, 9.17) is 4.74 Å². The lowest BCUT2D eigenvalue weighted by Crippen LogP contribution is -2.39. The molecule has 5 nitrogen and oxygen atoms in total. The Bertz CT molecular complexity index is 404. The molecule has 0 saturated heterocycles. The lowest BCUT2D eigenvalue weighted by atomic mass is 10.1. The maximum Gasteiger partial charge on any atom is 0.255 e. The number of hydrogen-bond donors (Lipinski definition) is 1. The first kappa shape index (κ1) is 14.2. The quantitative estimate of drug-likeness (QED) is 0.831. The van der Waals surface area contributed by atoms with E-state index in [1.54, 1.807) is 11.8 Å². The van der Waals surface area contributed by atoms with E-state index in [9.17, 15) is 4.79 Å². The van der Waals surface area contributed by atoms with E-state index in [0.29, 0.717) is 17.5 Å². The number of alkyl halides is 1. The molecule has 96 valence electrons. The van der Waals surface area contributed by atoms with Gasteiger partial charge in [0.1, 0.15) is 0 Å². The number of methoxy groups -OCH3 is 1. The highest BCUT2D eigenvalue weighted by molar-refractivity contribution is 9.09. The van der Waals surface area contributed by atoms with Gasteiger partial charge in [-0.1, -0.05) is 15.9 Å². The Balaban J connectivity index is 2.82. The first-order valence-electron chi connectivity index (χ1n) is 5.37. The number of amides is 1. The molecule has 1 aromatic rings. The molecule has 1 amide bonds. The lowest BCUT2D eigenvalue weighted by molar-refractivity contribution is 0.0906. The van der Waals surface area contributed by atoms with Gasteiger partial charge < -0.3 is 10.1 Å². The van der Waals surface area contributed by atoms with E-state index < -0.39 is 0 Å². The van der Waals surface area contributed by atoms with Crippen molar-refractivity contribution in [3.05, 3.63) is 17.0 Å². The van der Waals surface area contributed by atoms with Crippen LogP contribution < -0.4 is 5.32 Å². The van der Waals surface area contributed by atoms with Gasteiger partial charge in [0.25, 0.3) is 5.91 Å².